The minimum Gasteiger partial charge on any atom is -0.490 e. The van der Waals surface area contributed by atoms with Gasteiger partial charge in [-0.05, 0) is 90.7 Å². The molecule has 0 radical (unpaired) electrons. The molecule has 0 spiro atoms. The molecule has 0 aromatic heterocycles. The first-order valence-corrected chi connectivity index (χ1v) is 12.6. The second-order valence-electron chi connectivity index (χ2n) is 8.38. The van der Waals surface area contributed by atoms with Gasteiger partial charge in [0.25, 0.3) is 5.91 Å². The fourth-order valence-electron chi connectivity index (χ4n) is 3.98. The number of hydrogen-bond donors (Lipinski definition) is 0. The minimum atomic E-state index is -0.170. The molecule has 6 nitrogen and oxygen atoms in total. The van der Waals surface area contributed by atoms with Gasteiger partial charge in [-0.1, -0.05) is 36.4 Å². The van der Waals surface area contributed by atoms with Crippen LogP contribution in [0.3, 0.4) is 0 Å². The van der Waals surface area contributed by atoms with Gasteiger partial charge in [0.1, 0.15) is 19.0 Å². The summed E-state index contributed by atoms with van der Waals surface area (Å²) in [4.78, 5) is 13.1. The first kappa shape index (κ1) is 25.5. The third-order valence-electron chi connectivity index (χ3n) is 5.69. The molecule has 1 aliphatic rings. The van der Waals surface area contributed by atoms with E-state index in [-0.39, 0.29) is 5.91 Å². The molecule has 1 heterocycles. The molecule has 3 aromatic rings. The number of halogens is 1. The van der Waals surface area contributed by atoms with Crippen molar-refractivity contribution in [1.29, 1.82) is 0 Å². The number of rotatable bonds is 9. The van der Waals surface area contributed by atoms with Gasteiger partial charge in [-0.15, -0.1) is 0 Å². The van der Waals surface area contributed by atoms with Crippen LogP contribution in [0.4, 0.5) is 5.69 Å². The van der Waals surface area contributed by atoms with Crippen LogP contribution in [0.1, 0.15) is 30.5 Å². The SMILES string of the molecule is CCOc1cc(C=C2C(=O)N(c3ccccc3)N=C2C)cc(Br)c1OCCOc1c(C)cccc1C. The monoisotopic (exact) mass is 548 g/mol. The maximum atomic E-state index is 13.1. The zero-order chi connectivity index (χ0) is 25.7. The number of amides is 1. The van der Waals surface area contributed by atoms with E-state index < -0.39 is 0 Å². The van der Waals surface area contributed by atoms with Crippen molar-refractivity contribution in [2.24, 2.45) is 5.10 Å². The average Bonchev–Trinajstić information content (AvgIpc) is 3.13. The lowest BCUT2D eigenvalue weighted by molar-refractivity contribution is -0.114. The number of aryl methyl sites for hydroxylation is 2. The molecule has 186 valence electrons. The Balaban J connectivity index is 1.51. The second kappa shape index (κ2) is 11.4. The van der Waals surface area contributed by atoms with Gasteiger partial charge in [0.15, 0.2) is 11.5 Å². The number of benzene rings is 3. The highest BCUT2D eigenvalue weighted by Crippen LogP contribution is 2.38. The first-order chi connectivity index (χ1) is 17.4. The van der Waals surface area contributed by atoms with Crippen LogP contribution in [0.25, 0.3) is 6.08 Å². The minimum absolute atomic E-state index is 0.170. The van der Waals surface area contributed by atoms with Crippen LogP contribution in [-0.2, 0) is 4.79 Å². The smallest absolute Gasteiger partial charge is 0.280 e. The number of ether oxygens (including phenoxy) is 3. The summed E-state index contributed by atoms with van der Waals surface area (Å²) < 4.78 is 18.6. The molecule has 1 amide bonds. The van der Waals surface area contributed by atoms with Gasteiger partial charge in [0.05, 0.1) is 28.1 Å². The lowest BCUT2D eigenvalue weighted by Crippen LogP contribution is -2.21. The molecule has 0 saturated heterocycles. The maximum absolute atomic E-state index is 13.1. The van der Waals surface area contributed by atoms with Gasteiger partial charge in [-0.3, -0.25) is 4.79 Å². The van der Waals surface area contributed by atoms with E-state index in [9.17, 15) is 4.79 Å². The lowest BCUT2D eigenvalue weighted by atomic mass is 10.1. The van der Waals surface area contributed by atoms with E-state index in [1.807, 2.05) is 94.4 Å². The van der Waals surface area contributed by atoms with E-state index in [1.165, 1.54) is 5.01 Å². The summed E-state index contributed by atoms with van der Waals surface area (Å²) in [6.45, 7) is 9.03. The van der Waals surface area contributed by atoms with Crippen molar-refractivity contribution in [3.8, 4) is 17.2 Å². The lowest BCUT2D eigenvalue weighted by Gasteiger charge is -2.16. The van der Waals surface area contributed by atoms with Gasteiger partial charge in [0.2, 0.25) is 0 Å². The topological polar surface area (TPSA) is 60.4 Å². The molecule has 7 heteroatoms. The molecule has 4 rings (SSSR count). The van der Waals surface area contributed by atoms with Crippen molar-refractivity contribution >= 4 is 39.3 Å². The molecule has 0 bridgehead atoms. The molecule has 0 unspecified atom stereocenters. The van der Waals surface area contributed by atoms with Gasteiger partial charge < -0.3 is 14.2 Å². The van der Waals surface area contributed by atoms with Crippen molar-refractivity contribution in [1.82, 2.24) is 0 Å². The normalized spacial score (nSPS) is 14.2. The zero-order valence-corrected chi connectivity index (χ0v) is 22.5. The Morgan fingerprint density at radius 2 is 1.56 bits per heavy atom. The third kappa shape index (κ3) is 5.62. The van der Waals surface area contributed by atoms with Crippen LogP contribution in [0.5, 0.6) is 17.2 Å². The summed E-state index contributed by atoms with van der Waals surface area (Å²) in [7, 11) is 0. The summed E-state index contributed by atoms with van der Waals surface area (Å²) in [6.07, 6.45) is 1.82. The number of carbonyl (C=O) groups is 1. The molecule has 0 N–H and O–H groups in total. The molecular weight excluding hydrogens is 520 g/mol. The molecule has 0 fully saturated rings. The van der Waals surface area contributed by atoms with Crippen molar-refractivity contribution in [3.05, 3.63) is 87.4 Å². The Morgan fingerprint density at radius 1 is 0.889 bits per heavy atom. The number of para-hydroxylation sites is 2. The molecule has 3 aromatic carbocycles. The van der Waals surface area contributed by atoms with Crippen LogP contribution in [0, 0.1) is 13.8 Å². The Kier molecular flexibility index (Phi) is 8.10. The molecule has 0 saturated carbocycles. The quantitative estimate of drug-likeness (QED) is 0.220. The number of anilines is 1. The van der Waals surface area contributed by atoms with E-state index in [4.69, 9.17) is 14.2 Å². The van der Waals surface area contributed by atoms with E-state index in [1.54, 1.807) is 0 Å². The Hall–Kier alpha value is -3.58. The highest BCUT2D eigenvalue weighted by Gasteiger charge is 2.28. The van der Waals surface area contributed by atoms with E-state index in [2.05, 4.69) is 21.0 Å². The number of hydrazone groups is 1. The second-order valence-corrected chi connectivity index (χ2v) is 9.23. The van der Waals surface area contributed by atoms with Crippen LogP contribution < -0.4 is 19.2 Å². The molecule has 36 heavy (non-hydrogen) atoms. The predicted octanol–water partition coefficient (Wildman–Crippen LogP) is 6.73. The van der Waals surface area contributed by atoms with E-state index in [0.29, 0.717) is 42.6 Å². The van der Waals surface area contributed by atoms with Gasteiger partial charge in [-0.25, -0.2) is 0 Å². The summed E-state index contributed by atoms with van der Waals surface area (Å²) in [5, 5.41) is 5.88. The van der Waals surface area contributed by atoms with Gasteiger partial charge >= 0.3 is 0 Å². The van der Waals surface area contributed by atoms with Crippen LogP contribution in [0.15, 0.2) is 75.8 Å². The summed E-state index contributed by atoms with van der Waals surface area (Å²) in [6, 6.07) is 19.2. The van der Waals surface area contributed by atoms with Crippen LogP contribution >= 0.6 is 15.9 Å². The van der Waals surface area contributed by atoms with Crippen molar-refractivity contribution in [2.45, 2.75) is 27.7 Å². The van der Waals surface area contributed by atoms with Gasteiger partial charge in [0, 0.05) is 0 Å². The standard InChI is InChI=1S/C29H29BrN2O4/c1-5-34-26-18-22(16-24-21(4)31-32(29(24)33)23-12-7-6-8-13-23)17-25(30)28(26)36-15-14-35-27-19(2)10-9-11-20(27)3/h6-13,16-18H,5,14-15H2,1-4H3. The molecular formula is C29H29BrN2O4. The fourth-order valence-corrected chi connectivity index (χ4v) is 4.56. The zero-order valence-electron chi connectivity index (χ0n) is 20.9. The average molecular weight is 549 g/mol. The number of carbonyl (C=O) groups excluding carboxylic acids is 1. The van der Waals surface area contributed by atoms with Crippen molar-refractivity contribution in [3.63, 3.8) is 0 Å². The van der Waals surface area contributed by atoms with E-state index >= 15 is 0 Å². The maximum Gasteiger partial charge on any atom is 0.280 e. The highest BCUT2D eigenvalue weighted by atomic mass is 79.9. The van der Waals surface area contributed by atoms with Crippen LogP contribution in [-0.4, -0.2) is 31.4 Å². The predicted molar refractivity (Wildman–Crippen MR) is 147 cm³/mol. The molecule has 0 atom stereocenters. The Morgan fingerprint density at radius 3 is 2.22 bits per heavy atom. The Bertz CT molecular complexity index is 1300. The van der Waals surface area contributed by atoms with Crippen molar-refractivity contribution in [2.75, 3.05) is 24.8 Å². The number of nitrogens with zero attached hydrogens (tertiary/aromatic N) is 2. The third-order valence-corrected chi connectivity index (χ3v) is 6.28. The summed E-state index contributed by atoms with van der Waals surface area (Å²) in [5.74, 6) is 1.90. The number of hydrogen-bond acceptors (Lipinski definition) is 5. The first-order valence-electron chi connectivity index (χ1n) is 11.8. The summed E-state index contributed by atoms with van der Waals surface area (Å²) in [5.41, 5.74) is 4.90. The Labute approximate surface area is 220 Å². The summed E-state index contributed by atoms with van der Waals surface area (Å²) >= 11 is 3.62. The largest absolute Gasteiger partial charge is 0.490 e. The van der Waals surface area contributed by atoms with Crippen LogP contribution in [0.2, 0.25) is 0 Å². The fraction of sp³-hybridized carbons (Fsp3) is 0.241. The molecule has 1 aliphatic heterocycles. The van der Waals surface area contributed by atoms with E-state index in [0.717, 1.165) is 32.6 Å². The van der Waals surface area contributed by atoms with Gasteiger partial charge in [-0.2, -0.15) is 10.1 Å². The molecule has 0 aliphatic carbocycles. The van der Waals surface area contributed by atoms with Crippen molar-refractivity contribution < 1.29 is 19.0 Å². The highest BCUT2D eigenvalue weighted by molar-refractivity contribution is 9.10.